The van der Waals surface area contributed by atoms with Gasteiger partial charge in [-0.15, -0.1) is 0 Å². The molecule has 0 saturated carbocycles. The van der Waals surface area contributed by atoms with Crippen LogP contribution in [-0.2, 0) is 0 Å². The zero-order valence-electron chi connectivity index (χ0n) is 4.09. The zero-order valence-corrected chi connectivity index (χ0v) is 4.09. The van der Waals surface area contributed by atoms with E-state index in [1.165, 1.54) is 0 Å². The van der Waals surface area contributed by atoms with Gasteiger partial charge in [-0.2, -0.15) is 0 Å². The number of hydrogen-bond donors (Lipinski definition) is 1. The average Bonchev–Trinajstić information content (AvgIpc) is 2.15. The van der Waals surface area contributed by atoms with E-state index in [0.29, 0.717) is 0 Å². The fraction of sp³-hybridized carbons (Fsp3) is 0. The van der Waals surface area contributed by atoms with Crippen LogP contribution in [0.5, 0.6) is 0 Å². The van der Waals surface area contributed by atoms with Gasteiger partial charge in [0.05, 0.1) is 0 Å². The van der Waals surface area contributed by atoms with Crippen LogP contribution in [0, 0.1) is 0 Å². The van der Waals surface area contributed by atoms with E-state index >= 15 is 0 Å². The van der Waals surface area contributed by atoms with Crippen molar-refractivity contribution >= 4 is 7.05 Å². The molecule has 2 rings (SSSR count). The number of aromatic amines is 1. The van der Waals surface area contributed by atoms with Gasteiger partial charge in [0.15, 0.2) is 0 Å². The summed E-state index contributed by atoms with van der Waals surface area (Å²) in [6.07, 6.45) is 1.71. The molecule has 38 valence electrons. The van der Waals surface area contributed by atoms with Crippen molar-refractivity contribution in [2.24, 2.45) is 0 Å². The molecule has 8 heavy (non-hydrogen) atoms. The second kappa shape index (κ2) is 1.21. The normalized spacial score (nSPS) is 10.0. The first-order chi connectivity index (χ1) is 3.97. The fourth-order valence-corrected chi connectivity index (χ4v) is 0.678. The van der Waals surface area contributed by atoms with Gasteiger partial charge >= 0.3 is 45.2 Å². The Kier molecular flexibility index (Phi) is 0.590. The summed E-state index contributed by atoms with van der Waals surface area (Å²) in [6, 6.07) is 1.81. The van der Waals surface area contributed by atoms with Crippen LogP contribution in [-0.4, -0.2) is 17.1 Å². The topological polar surface area (TPSA) is 41.8 Å². The van der Waals surface area contributed by atoms with Crippen LogP contribution in [0.3, 0.4) is 0 Å². The number of aromatic nitrogens is 2. The van der Waals surface area contributed by atoms with E-state index in [0.717, 1.165) is 11.3 Å². The molecular formula is C4H3BN2O. The van der Waals surface area contributed by atoms with Crippen LogP contribution in [0.2, 0.25) is 0 Å². The summed E-state index contributed by atoms with van der Waals surface area (Å²) < 4.78 is 4.87. The van der Waals surface area contributed by atoms with Crippen molar-refractivity contribution in [1.29, 1.82) is 0 Å². The Morgan fingerprint density at radius 1 is 1.75 bits per heavy atom. The standard InChI is InChI=1S/C4H3BN2O/c1-2-6-4-3(1)8-7-5-4/h1-2,7H. The summed E-state index contributed by atoms with van der Waals surface area (Å²) >= 11 is 0. The first-order valence-electron chi connectivity index (χ1n) is 2.34. The Hall–Kier alpha value is -1.06. The van der Waals surface area contributed by atoms with Crippen LogP contribution in [0.25, 0.3) is 11.3 Å². The molecule has 0 spiro atoms. The first-order valence-corrected chi connectivity index (χ1v) is 2.34. The number of nitrogens with one attached hydrogen (secondary N) is 1. The molecule has 0 radical (unpaired) electrons. The van der Waals surface area contributed by atoms with Crippen LogP contribution in [0.15, 0.2) is 16.8 Å². The average molecular weight is 106 g/mol. The minimum absolute atomic E-state index is 0.810. The number of H-pyrrole nitrogens is 1. The molecule has 2 aliphatic rings. The molecule has 0 atom stereocenters. The van der Waals surface area contributed by atoms with E-state index < -0.39 is 0 Å². The Balaban J connectivity index is 2.84. The predicted octanol–water partition coefficient (Wildman–Crippen LogP) is 0.446. The summed E-state index contributed by atoms with van der Waals surface area (Å²) in [5.41, 5.74) is 0.880. The van der Waals surface area contributed by atoms with Gasteiger partial charge in [0.25, 0.3) is 0 Å². The molecular weight excluding hydrogens is 103 g/mol. The van der Waals surface area contributed by atoms with Crippen molar-refractivity contribution in [1.82, 2.24) is 10.0 Å². The third-order valence-corrected chi connectivity index (χ3v) is 1.06. The molecule has 2 heterocycles. The first kappa shape index (κ1) is 3.89. The molecule has 1 N–H and O–H groups in total. The quantitative estimate of drug-likeness (QED) is 0.529. The van der Waals surface area contributed by atoms with Crippen molar-refractivity contribution < 1.29 is 4.52 Å². The van der Waals surface area contributed by atoms with Crippen LogP contribution >= 0.6 is 0 Å². The number of rotatable bonds is 0. The number of nitrogens with zero attached hydrogens (tertiary/aromatic N) is 1. The SMILES string of the molecule is b1[nH]oc2ccnc1-2. The Morgan fingerprint density at radius 2 is 2.75 bits per heavy atom. The number of hydrogen-bond acceptors (Lipinski definition) is 2. The summed E-state index contributed by atoms with van der Waals surface area (Å²) in [5, 5.41) is 2.58. The third-order valence-electron chi connectivity index (χ3n) is 1.06. The van der Waals surface area contributed by atoms with Gasteiger partial charge in [-0.25, -0.2) is 0 Å². The van der Waals surface area contributed by atoms with E-state index in [1.54, 1.807) is 13.2 Å². The summed E-state index contributed by atoms with van der Waals surface area (Å²) in [6.45, 7) is 0. The zero-order chi connectivity index (χ0) is 5.40. The molecule has 0 amide bonds. The Labute approximate surface area is 46.3 Å². The van der Waals surface area contributed by atoms with Crippen molar-refractivity contribution in [3.05, 3.63) is 12.3 Å². The molecule has 3 nitrogen and oxygen atoms in total. The fourth-order valence-electron chi connectivity index (χ4n) is 0.678. The van der Waals surface area contributed by atoms with Gasteiger partial charge in [0, 0.05) is 0 Å². The van der Waals surface area contributed by atoms with Crippen molar-refractivity contribution in [3.63, 3.8) is 0 Å². The van der Waals surface area contributed by atoms with Crippen molar-refractivity contribution in [2.75, 3.05) is 0 Å². The van der Waals surface area contributed by atoms with E-state index in [9.17, 15) is 0 Å². The van der Waals surface area contributed by atoms with Crippen LogP contribution in [0.4, 0.5) is 0 Å². The molecule has 0 saturated heterocycles. The predicted molar refractivity (Wildman–Crippen MR) is 28.8 cm³/mol. The molecule has 0 aromatic rings. The molecule has 4 heteroatoms. The molecule has 0 aliphatic carbocycles. The van der Waals surface area contributed by atoms with Crippen LogP contribution < -0.4 is 0 Å². The molecule has 2 aliphatic heterocycles. The van der Waals surface area contributed by atoms with Gasteiger partial charge in [0.1, 0.15) is 0 Å². The van der Waals surface area contributed by atoms with Gasteiger partial charge < -0.3 is 0 Å². The monoisotopic (exact) mass is 106 g/mol. The van der Waals surface area contributed by atoms with Gasteiger partial charge in [-0.1, -0.05) is 0 Å². The van der Waals surface area contributed by atoms with E-state index in [-0.39, 0.29) is 0 Å². The molecule has 0 fully saturated rings. The summed E-state index contributed by atoms with van der Waals surface area (Å²) in [5.74, 6) is 0.810. The van der Waals surface area contributed by atoms with Crippen molar-refractivity contribution in [3.8, 4) is 11.3 Å². The van der Waals surface area contributed by atoms with Gasteiger partial charge in [0.2, 0.25) is 0 Å². The van der Waals surface area contributed by atoms with Gasteiger partial charge in [-0.05, 0) is 0 Å². The molecule has 0 unspecified atom stereocenters. The Bertz CT molecular complexity index is 205. The molecule has 0 bridgehead atoms. The summed E-state index contributed by atoms with van der Waals surface area (Å²) in [4.78, 5) is 3.95. The summed E-state index contributed by atoms with van der Waals surface area (Å²) in [7, 11) is 1.72. The van der Waals surface area contributed by atoms with E-state index in [4.69, 9.17) is 4.52 Å². The minimum atomic E-state index is 0.810. The second-order valence-corrected chi connectivity index (χ2v) is 1.56. The maximum atomic E-state index is 4.87. The number of fused-ring (bicyclic) bond motifs is 1. The van der Waals surface area contributed by atoms with Gasteiger partial charge in [-0.3, -0.25) is 0 Å². The van der Waals surface area contributed by atoms with E-state index in [1.807, 2.05) is 6.07 Å². The second-order valence-electron chi connectivity index (χ2n) is 1.56. The maximum absolute atomic E-state index is 4.87. The Morgan fingerprint density at radius 3 is 3.62 bits per heavy atom. The van der Waals surface area contributed by atoms with Crippen molar-refractivity contribution in [2.45, 2.75) is 0 Å². The third kappa shape index (κ3) is 0.345. The van der Waals surface area contributed by atoms with Crippen LogP contribution in [0.1, 0.15) is 0 Å². The molecule has 0 aromatic carbocycles. The van der Waals surface area contributed by atoms with E-state index in [2.05, 4.69) is 10.0 Å². The molecule has 0 aromatic heterocycles.